The summed E-state index contributed by atoms with van der Waals surface area (Å²) in [4.78, 5) is 10.7. The number of rotatable bonds is 6. The molecule has 35 heavy (non-hydrogen) atoms. The first-order valence-corrected chi connectivity index (χ1v) is 12.9. The lowest BCUT2D eigenvalue weighted by Crippen LogP contribution is -2.53. The maximum atomic E-state index is 15.3. The van der Waals surface area contributed by atoms with Crippen molar-refractivity contribution in [3.63, 3.8) is 0 Å². The second-order valence-electron chi connectivity index (χ2n) is 10.3. The van der Waals surface area contributed by atoms with E-state index in [1.165, 1.54) is 12.8 Å². The molecule has 2 aliphatic heterocycles. The highest BCUT2D eigenvalue weighted by Gasteiger charge is 2.35. The Bertz CT molecular complexity index is 1170. The molecule has 2 N–H and O–H groups in total. The standard InChI is InChI=1S/C28H37FN4O2/c1-17(2)24-15-18(9-12-33(24)21-7-10-30-11-8-21)20-13-22(29)27-23(14-20)31-28(32-27)19-5-6-25(34-3)26(16-19)35-4/h5-6,13-14,16-18,21,24,30H,7-12,15H2,1-4H3,(H,31,32)/t18?,24-/m1/s1. The van der Waals surface area contributed by atoms with Gasteiger partial charge in [0.25, 0.3) is 0 Å². The molecule has 5 rings (SSSR count). The van der Waals surface area contributed by atoms with E-state index in [4.69, 9.17) is 9.47 Å². The fourth-order valence-corrected chi connectivity index (χ4v) is 6.02. The summed E-state index contributed by atoms with van der Waals surface area (Å²) < 4.78 is 26.0. The summed E-state index contributed by atoms with van der Waals surface area (Å²) in [6.45, 7) is 7.96. The number of likely N-dealkylation sites (tertiary alicyclic amines) is 1. The predicted octanol–water partition coefficient (Wildman–Crippen LogP) is 5.34. The van der Waals surface area contributed by atoms with Crippen LogP contribution in [0.15, 0.2) is 30.3 Å². The second-order valence-corrected chi connectivity index (χ2v) is 10.3. The SMILES string of the molecule is COc1ccc(-c2nc3c(F)cc(C4CCN(C5CCNCC5)[C@@H](C(C)C)C4)cc3[nH]2)cc1OC. The Balaban J connectivity index is 1.41. The third-order valence-electron chi connectivity index (χ3n) is 7.93. The van der Waals surface area contributed by atoms with Gasteiger partial charge in [0, 0.05) is 17.6 Å². The van der Waals surface area contributed by atoms with Crippen molar-refractivity contribution in [1.29, 1.82) is 0 Å². The molecule has 0 radical (unpaired) electrons. The minimum atomic E-state index is -0.262. The quantitative estimate of drug-likeness (QED) is 0.499. The summed E-state index contributed by atoms with van der Waals surface area (Å²) in [7, 11) is 3.21. The van der Waals surface area contributed by atoms with Crippen molar-refractivity contribution < 1.29 is 13.9 Å². The Morgan fingerprint density at radius 3 is 2.51 bits per heavy atom. The molecule has 1 aromatic heterocycles. The van der Waals surface area contributed by atoms with Gasteiger partial charge in [0.1, 0.15) is 11.3 Å². The highest BCUT2D eigenvalue weighted by Crippen LogP contribution is 2.38. The predicted molar refractivity (Wildman–Crippen MR) is 138 cm³/mol. The topological polar surface area (TPSA) is 62.4 Å². The second kappa shape index (κ2) is 10.2. The van der Waals surface area contributed by atoms with Gasteiger partial charge in [0.15, 0.2) is 17.3 Å². The normalized spacial score (nSPS) is 22.1. The summed E-state index contributed by atoms with van der Waals surface area (Å²) >= 11 is 0. The van der Waals surface area contributed by atoms with Crippen LogP contribution in [0.5, 0.6) is 11.5 Å². The number of imidazole rings is 1. The Labute approximate surface area is 207 Å². The molecule has 2 saturated heterocycles. The lowest BCUT2D eigenvalue weighted by Gasteiger charge is -2.47. The van der Waals surface area contributed by atoms with Crippen LogP contribution in [0.3, 0.4) is 0 Å². The van der Waals surface area contributed by atoms with Crippen LogP contribution in [-0.2, 0) is 0 Å². The zero-order chi connectivity index (χ0) is 24.5. The Kier molecular flexibility index (Phi) is 6.98. The number of hydrogen-bond donors (Lipinski definition) is 2. The zero-order valence-electron chi connectivity index (χ0n) is 21.2. The molecule has 1 unspecified atom stereocenters. The largest absolute Gasteiger partial charge is 0.493 e. The van der Waals surface area contributed by atoms with E-state index < -0.39 is 0 Å². The first kappa shape index (κ1) is 24.1. The maximum Gasteiger partial charge on any atom is 0.161 e. The number of nitrogens with zero attached hydrogens (tertiary/aromatic N) is 2. The van der Waals surface area contributed by atoms with Crippen LogP contribution in [0.25, 0.3) is 22.4 Å². The summed E-state index contributed by atoms with van der Waals surface area (Å²) in [6.07, 6.45) is 4.58. The van der Waals surface area contributed by atoms with Gasteiger partial charge in [-0.3, -0.25) is 4.90 Å². The van der Waals surface area contributed by atoms with Crippen molar-refractivity contribution in [3.8, 4) is 22.9 Å². The van der Waals surface area contributed by atoms with Crippen molar-refractivity contribution in [2.45, 2.75) is 57.5 Å². The number of nitrogens with one attached hydrogen (secondary N) is 2. The monoisotopic (exact) mass is 480 g/mol. The van der Waals surface area contributed by atoms with Gasteiger partial charge in [-0.15, -0.1) is 0 Å². The maximum absolute atomic E-state index is 15.3. The van der Waals surface area contributed by atoms with Crippen LogP contribution in [0, 0.1) is 11.7 Å². The molecule has 0 spiro atoms. The number of H-pyrrole nitrogens is 1. The van der Waals surface area contributed by atoms with E-state index in [1.54, 1.807) is 20.3 Å². The zero-order valence-corrected chi connectivity index (χ0v) is 21.2. The molecule has 7 heteroatoms. The molecule has 2 fully saturated rings. The summed E-state index contributed by atoms with van der Waals surface area (Å²) in [6, 6.07) is 10.6. The number of aromatic nitrogens is 2. The molecule has 0 aliphatic carbocycles. The average molecular weight is 481 g/mol. The van der Waals surface area contributed by atoms with Gasteiger partial charge in [-0.05, 0) is 93.0 Å². The van der Waals surface area contributed by atoms with Crippen LogP contribution in [-0.4, -0.2) is 60.8 Å². The first-order valence-electron chi connectivity index (χ1n) is 12.9. The molecule has 2 aromatic carbocycles. The molecular weight excluding hydrogens is 443 g/mol. The molecule has 0 saturated carbocycles. The summed E-state index contributed by atoms with van der Waals surface area (Å²) in [5, 5.41) is 3.49. The van der Waals surface area contributed by atoms with Gasteiger partial charge in [-0.25, -0.2) is 9.37 Å². The summed E-state index contributed by atoms with van der Waals surface area (Å²) in [5.74, 6) is 2.56. The Morgan fingerprint density at radius 1 is 1.03 bits per heavy atom. The van der Waals surface area contributed by atoms with Crippen molar-refractivity contribution >= 4 is 11.0 Å². The highest BCUT2D eigenvalue weighted by atomic mass is 19.1. The van der Waals surface area contributed by atoms with Crippen molar-refractivity contribution in [2.75, 3.05) is 33.9 Å². The van der Waals surface area contributed by atoms with Crippen LogP contribution in [0.2, 0.25) is 0 Å². The van der Waals surface area contributed by atoms with Gasteiger partial charge in [-0.2, -0.15) is 0 Å². The van der Waals surface area contributed by atoms with E-state index in [9.17, 15) is 0 Å². The van der Waals surface area contributed by atoms with Crippen molar-refractivity contribution in [3.05, 3.63) is 41.7 Å². The molecular formula is C28H37FN4O2. The number of fused-ring (bicyclic) bond motifs is 1. The molecule has 0 amide bonds. The number of aromatic amines is 1. The number of piperidine rings is 2. The third-order valence-corrected chi connectivity index (χ3v) is 7.93. The number of hydrogen-bond acceptors (Lipinski definition) is 5. The van der Waals surface area contributed by atoms with Gasteiger partial charge in [0.05, 0.1) is 19.7 Å². The number of halogens is 1. The minimum Gasteiger partial charge on any atom is -0.493 e. The van der Waals surface area contributed by atoms with E-state index in [1.807, 2.05) is 18.2 Å². The van der Waals surface area contributed by atoms with Gasteiger partial charge in [0.2, 0.25) is 0 Å². The highest BCUT2D eigenvalue weighted by molar-refractivity contribution is 5.81. The molecule has 2 aliphatic rings. The van der Waals surface area contributed by atoms with Crippen LogP contribution in [0.4, 0.5) is 4.39 Å². The lowest BCUT2D eigenvalue weighted by molar-refractivity contribution is 0.0431. The Morgan fingerprint density at radius 2 is 1.80 bits per heavy atom. The third kappa shape index (κ3) is 4.76. The van der Waals surface area contributed by atoms with E-state index in [0.717, 1.165) is 49.1 Å². The van der Waals surface area contributed by atoms with E-state index in [-0.39, 0.29) is 5.82 Å². The lowest BCUT2D eigenvalue weighted by atomic mass is 9.80. The van der Waals surface area contributed by atoms with Crippen LogP contribution in [0.1, 0.15) is 51.0 Å². The van der Waals surface area contributed by atoms with Gasteiger partial charge >= 0.3 is 0 Å². The van der Waals surface area contributed by atoms with Crippen LogP contribution < -0.4 is 14.8 Å². The van der Waals surface area contributed by atoms with Crippen molar-refractivity contribution in [2.24, 2.45) is 5.92 Å². The molecule has 0 bridgehead atoms. The molecule has 6 nitrogen and oxygen atoms in total. The fraction of sp³-hybridized carbons (Fsp3) is 0.536. The Hall–Kier alpha value is -2.64. The summed E-state index contributed by atoms with van der Waals surface area (Å²) in [5.41, 5.74) is 3.03. The first-order chi connectivity index (χ1) is 17.0. The van der Waals surface area contributed by atoms with Crippen molar-refractivity contribution in [1.82, 2.24) is 20.2 Å². The molecule has 3 aromatic rings. The molecule has 188 valence electrons. The molecule has 3 heterocycles. The van der Waals surface area contributed by atoms with Crippen LogP contribution >= 0.6 is 0 Å². The number of ether oxygens (including phenoxy) is 2. The van der Waals surface area contributed by atoms with E-state index >= 15 is 4.39 Å². The minimum absolute atomic E-state index is 0.262. The van der Waals surface area contributed by atoms with Gasteiger partial charge < -0.3 is 19.8 Å². The number of methoxy groups -OCH3 is 2. The van der Waals surface area contributed by atoms with E-state index in [2.05, 4.69) is 40.1 Å². The fourth-order valence-electron chi connectivity index (χ4n) is 6.02. The number of benzene rings is 2. The average Bonchev–Trinajstić information content (AvgIpc) is 3.33. The smallest absolute Gasteiger partial charge is 0.161 e. The molecule has 2 atom stereocenters. The van der Waals surface area contributed by atoms with Gasteiger partial charge in [-0.1, -0.05) is 13.8 Å². The van der Waals surface area contributed by atoms with E-state index in [0.29, 0.717) is 46.8 Å².